The van der Waals surface area contributed by atoms with Gasteiger partial charge in [0.25, 0.3) is 17.7 Å². The number of cyclic esters (lactones) is 3. The van der Waals surface area contributed by atoms with Crippen molar-refractivity contribution in [1.82, 2.24) is 14.7 Å². The van der Waals surface area contributed by atoms with Crippen LogP contribution in [0.5, 0.6) is 0 Å². The van der Waals surface area contributed by atoms with Gasteiger partial charge in [0.2, 0.25) is 0 Å². The van der Waals surface area contributed by atoms with Crippen LogP contribution in [0.3, 0.4) is 0 Å². The maximum atomic E-state index is 13.1. The highest BCUT2D eigenvalue weighted by Gasteiger charge is 2.26. The van der Waals surface area contributed by atoms with Crippen LogP contribution in [0.1, 0.15) is 222 Å². The molecule has 0 unspecified atom stereocenters. The number of amides is 3. The van der Waals surface area contributed by atoms with E-state index >= 15 is 0 Å². The number of esters is 3. The molecule has 0 fully saturated rings. The van der Waals surface area contributed by atoms with E-state index in [0.717, 1.165) is 99.8 Å². The Hall–Kier alpha value is -8.38. The Labute approximate surface area is 601 Å². The maximum absolute atomic E-state index is 13.1. The minimum Gasteiger partial charge on any atom is -0.459 e. The van der Waals surface area contributed by atoms with Crippen LogP contribution in [0.15, 0.2) is 117 Å². The first-order valence-electron chi connectivity index (χ1n) is 35.6. The van der Waals surface area contributed by atoms with Crippen LogP contribution < -0.4 is 0 Å². The van der Waals surface area contributed by atoms with E-state index in [9.17, 15) is 28.8 Å². The van der Waals surface area contributed by atoms with Gasteiger partial charge in [0.05, 0.1) is 33.8 Å². The molecule has 0 spiro atoms. The summed E-state index contributed by atoms with van der Waals surface area (Å²) in [6.45, 7) is 38.5. The molecule has 0 saturated carbocycles. The molecule has 3 aliphatic rings. The highest BCUT2D eigenvalue weighted by Crippen LogP contribution is 2.31. The Morgan fingerprint density at radius 2 is 0.730 bits per heavy atom. The first kappa shape index (κ1) is 84.0. The van der Waals surface area contributed by atoms with Crippen LogP contribution in [0, 0.1) is 41.5 Å². The zero-order chi connectivity index (χ0) is 74.0. The van der Waals surface area contributed by atoms with Gasteiger partial charge in [-0.15, -0.1) is 0 Å². The molecule has 3 aliphatic heterocycles. The van der Waals surface area contributed by atoms with Crippen molar-refractivity contribution in [2.24, 2.45) is 15.5 Å². The number of hydrogen-bond donors (Lipinski definition) is 0. The van der Waals surface area contributed by atoms with Crippen molar-refractivity contribution in [3.63, 3.8) is 0 Å². The lowest BCUT2D eigenvalue weighted by Crippen LogP contribution is -2.33. The average Bonchev–Trinajstić information content (AvgIpc) is 0.814. The summed E-state index contributed by atoms with van der Waals surface area (Å²) in [6, 6.07) is 9.88. The second-order valence-electron chi connectivity index (χ2n) is 26.1. The molecule has 0 N–H and O–H groups in total. The Morgan fingerprint density at radius 3 is 1.05 bits per heavy atom. The molecule has 0 saturated heterocycles. The SMILES string of the molecule is CCN(CC)C(=O)CO/N=C1/C=C(C)CC/C=C/C[C@@H](C)OC(=O)c2c(C)cc(C)cc2C1.CCN(CC)C(=O)CO/N=C1\C=C(C)CC/C=C/C[C@@H](C)OC(=O)c2c(C)cc(C)c(Cl)c2C1.CCN(CC)C(=O)CO/N=C1\C=C(C)CC/C=C/C[C@@H](C)OC(=O)c2c(C)cc(C)cc2C1. The molecule has 6 rings (SSSR count). The van der Waals surface area contributed by atoms with Gasteiger partial charge in [-0.25, -0.2) is 14.4 Å². The summed E-state index contributed by atoms with van der Waals surface area (Å²) in [7, 11) is 0. The summed E-state index contributed by atoms with van der Waals surface area (Å²) < 4.78 is 17.2. The quantitative estimate of drug-likeness (QED) is 0.0603. The fraction of sp³-hybridized carbons (Fsp3) is 0.519. The van der Waals surface area contributed by atoms with E-state index in [0.29, 0.717) is 116 Å². The van der Waals surface area contributed by atoms with Crippen molar-refractivity contribution in [3.8, 4) is 0 Å². The van der Waals surface area contributed by atoms with Crippen LogP contribution in [-0.4, -0.2) is 145 Å². The zero-order valence-electron chi connectivity index (χ0n) is 63.1. The summed E-state index contributed by atoms with van der Waals surface area (Å²) in [5.74, 6) is -1.36. The summed E-state index contributed by atoms with van der Waals surface area (Å²) in [5.41, 5.74) is 14.9. The van der Waals surface area contributed by atoms with Crippen molar-refractivity contribution in [2.75, 3.05) is 59.1 Å². The van der Waals surface area contributed by atoms with Crippen LogP contribution in [-0.2, 0) is 62.4 Å². The van der Waals surface area contributed by atoms with Gasteiger partial charge in [-0.05, 0) is 220 Å². The number of oxime groups is 3. The maximum Gasteiger partial charge on any atom is 0.339 e. The third-order valence-electron chi connectivity index (χ3n) is 17.2. The molecule has 0 aliphatic carbocycles. The highest BCUT2D eigenvalue weighted by molar-refractivity contribution is 6.33. The number of fused-ring (bicyclic) bond motifs is 3. The summed E-state index contributed by atoms with van der Waals surface area (Å²) in [5, 5.41) is 13.4. The predicted molar refractivity (Wildman–Crippen MR) is 403 cm³/mol. The molecule has 0 radical (unpaired) electrons. The third kappa shape index (κ3) is 28.3. The lowest BCUT2D eigenvalue weighted by molar-refractivity contribution is -0.136. The van der Waals surface area contributed by atoms with Gasteiger partial charge in [-0.2, -0.15) is 0 Å². The Kier molecular flexibility index (Phi) is 37.0. The zero-order valence-corrected chi connectivity index (χ0v) is 63.9. The highest BCUT2D eigenvalue weighted by atomic mass is 35.5. The van der Waals surface area contributed by atoms with Gasteiger partial charge in [0.15, 0.2) is 19.8 Å². The number of allylic oxidation sites excluding steroid dienone is 9. The number of carbonyl (C=O) groups excluding carboxylic acids is 6. The van der Waals surface area contributed by atoms with E-state index in [1.165, 1.54) is 0 Å². The molecule has 0 bridgehead atoms. The van der Waals surface area contributed by atoms with Gasteiger partial charge in [-0.3, -0.25) is 14.4 Å². The molecular formula is C81H113ClN6O12. The van der Waals surface area contributed by atoms with E-state index in [2.05, 4.69) is 59.7 Å². The van der Waals surface area contributed by atoms with Crippen molar-refractivity contribution in [1.29, 1.82) is 0 Å². The second kappa shape index (κ2) is 44.0. The molecule has 546 valence electrons. The number of aryl methyl sites for hydroxylation is 6. The number of rotatable bonds is 15. The lowest BCUT2D eigenvalue weighted by atomic mass is 9.94. The molecule has 100 heavy (non-hydrogen) atoms. The molecule has 3 atom stereocenters. The third-order valence-corrected chi connectivity index (χ3v) is 17.7. The number of nitrogens with zero attached hydrogens (tertiary/aromatic N) is 6. The number of hydrogen-bond acceptors (Lipinski definition) is 15. The first-order valence-corrected chi connectivity index (χ1v) is 36.0. The summed E-state index contributed by atoms with van der Waals surface area (Å²) in [4.78, 5) is 97.7. The Balaban J connectivity index is 0.000000318. The molecule has 3 amide bonds. The fourth-order valence-electron chi connectivity index (χ4n) is 12.0. The van der Waals surface area contributed by atoms with Gasteiger partial charge in [0, 0.05) is 82.8 Å². The molecule has 18 nitrogen and oxygen atoms in total. The number of likely N-dealkylation sites (N-methyl/N-ethyl adjacent to an activating group) is 3. The second-order valence-corrected chi connectivity index (χ2v) is 26.4. The van der Waals surface area contributed by atoms with Gasteiger partial charge >= 0.3 is 17.9 Å². The standard InChI is InChI=1S/C27H37ClN2O4.2C27H38N2O4/c1-7-30(8-2)24(31)17-33-29-22-14-18(3)12-10-9-11-13-21(6)34-27(32)25-19(4)15-20(5)26(28)23(25)16-22;2*1-7-29(8-2)25(30)18-32-28-24-16-19(3)12-10-9-11-13-22(6)33-27(31)26-21(5)14-20(4)15-23(26)17-24/h9,11,14-15,21H,7-8,10,12-13,16-17H2,1-6H3;2*9,11,14-16,22H,7-8,10,12-13,17-18H2,1-6H3/b11-9+,18-14?,29-22+;11-9+,19-16?,28-24+;11-9+,19-16?,28-24-/t21-;2*22-/m111/s1. The van der Waals surface area contributed by atoms with Crippen LogP contribution in [0.2, 0.25) is 5.02 Å². The smallest absolute Gasteiger partial charge is 0.339 e. The molecule has 3 heterocycles. The van der Waals surface area contributed by atoms with E-state index in [1.54, 1.807) is 14.7 Å². The predicted octanol–water partition coefficient (Wildman–Crippen LogP) is 16.6. The van der Waals surface area contributed by atoms with Gasteiger partial charge < -0.3 is 43.4 Å². The van der Waals surface area contributed by atoms with Crippen molar-refractivity contribution >= 4 is 64.4 Å². The Morgan fingerprint density at radius 1 is 0.430 bits per heavy atom. The fourth-order valence-corrected chi connectivity index (χ4v) is 12.2. The average molecular weight is 1400 g/mol. The largest absolute Gasteiger partial charge is 0.459 e. The molecule has 3 aromatic carbocycles. The number of benzene rings is 3. The minimum absolute atomic E-state index is 0.0965. The number of ether oxygens (including phenoxy) is 3. The summed E-state index contributed by atoms with van der Waals surface area (Å²) in [6.07, 6.45) is 26.2. The number of carbonyl (C=O) groups is 6. The van der Waals surface area contributed by atoms with Gasteiger partial charge in [-0.1, -0.05) is 122 Å². The van der Waals surface area contributed by atoms with Crippen molar-refractivity contribution < 1.29 is 57.5 Å². The van der Waals surface area contributed by atoms with Crippen molar-refractivity contribution in [2.45, 2.75) is 220 Å². The van der Waals surface area contributed by atoms with Gasteiger partial charge in [0.1, 0.15) is 18.3 Å². The summed E-state index contributed by atoms with van der Waals surface area (Å²) >= 11 is 6.71. The van der Waals surface area contributed by atoms with E-state index in [4.69, 9.17) is 40.3 Å². The van der Waals surface area contributed by atoms with Crippen LogP contribution in [0.4, 0.5) is 0 Å². The minimum atomic E-state index is -0.398. The molecule has 0 aromatic heterocycles. The van der Waals surface area contributed by atoms with Crippen molar-refractivity contribution in [3.05, 3.63) is 174 Å². The van der Waals surface area contributed by atoms with E-state index in [-0.39, 0.29) is 74.2 Å². The molecule has 3 aromatic rings. The normalized spacial score (nSPS) is 19.6. The molecular weight excluding hydrogens is 1280 g/mol. The monoisotopic (exact) mass is 1400 g/mol. The Bertz CT molecular complexity index is 3410. The van der Waals surface area contributed by atoms with E-state index < -0.39 is 5.97 Å². The van der Waals surface area contributed by atoms with E-state index in [1.807, 2.05) is 165 Å². The number of halogens is 1. The van der Waals surface area contributed by atoms with Crippen LogP contribution in [0.25, 0.3) is 0 Å². The first-order chi connectivity index (χ1) is 47.7. The topological polar surface area (TPSA) is 205 Å². The molecule has 19 heteroatoms. The lowest BCUT2D eigenvalue weighted by Gasteiger charge is -2.19. The van der Waals surface area contributed by atoms with Crippen LogP contribution >= 0.6 is 11.6 Å².